The molecule has 0 aliphatic carbocycles. The van der Waals surface area contributed by atoms with E-state index in [4.69, 9.17) is 0 Å². The average molecular weight is 231 g/mol. The summed E-state index contributed by atoms with van der Waals surface area (Å²) in [7, 11) is 0. The predicted octanol–water partition coefficient (Wildman–Crippen LogP) is 3.04. The molecule has 0 unspecified atom stereocenters. The first-order valence-electron chi connectivity index (χ1n) is 6.02. The molecule has 92 valence electrons. The van der Waals surface area contributed by atoms with Gasteiger partial charge in [-0.3, -0.25) is 9.98 Å². The summed E-state index contributed by atoms with van der Waals surface area (Å²) < 4.78 is 0. The first-order chi connectivity index (χ1) is 7.97. The Kier molecular flexibility index (Phi) is 5.01. The highest BCUT2D eigenvalue weighted by Crippen LogP contribution is 2.03. The SMILES string of the molecule is Cc1cc(C=NC(C)C)nc(C=NC(C)C)c1. The van der Waals surface area contributed by atoms with Gasteiger partial charge in [-0.05, 0) is 52.3 Å². The standard InChI is InChI=1S/C14H21N3/c1-10(2)15-8-13-6-12(5)7-14(17-13)9-16-11(3)4/h6-11H,1-5H3. The Hall–Kier alpha value is -1.51. The van der Waals surface area contributed by atoms with Gasteiger partial charge in [-0.15, -0.1) is 0 Å². The van der Waals surface area contributed by atoms with E-state index in [0.717, 1.165) is 11.4 Å². The number of hydrogen-bond acceptors (Lipinski definition) is 3. The summed E-state index contributed by atoms with van der Waals surface area (Å²) in [5.74, 6) is 0. The van der Waals surface area contributed by atoms with Gasteiger partial charge in [0.25, 0.3) is 0 Å². The lowest BCUT2D eigenvalue weighted by atomic mass is 10.2. The van der Waals surface area contributed by atoms with Crippen LogP contribution in [0.4, 0.5) is 0 Å². The van der Waals surface area contributed by atoms with Crippen molar-refractivity contribution in [2.24, 2.45) is 9.98 Å². The third kappa shape index (κ3) is 5.38. The molecule has 0 saturated heterocycles. The first-order valence-corrected chi connectivity index (χ1v) is 6.02. The van der Waals surface area contributed by atoms with E-state index >= 15 is 0 Å². The molecule has 1 heterocycles. The zero-order valence-corrected chi connectivity index (χ0v) is 11.3. The monoisotopic (exact) mass is 231 g/mol. The van der Waals surface area contributed by atoms with Crippen LogP contribution in [0.15, 0.2) is 22.1 Å². The number of aliphatic imine (C=N–C) groups is 2. The maximum absolute atomic E-state index is 4.48. The van der Waals surface area contributed by atoms with Crippen LogP contribution in [0.25, 0.3) is 0 Å². The van der Waals surface area contributed by atoms with Gasteiger partial charge in [0, 0.05) is 24.5 Å². The molecule has 0 radical (unpaired) electrons. The number of hydrogen-bond donors (Lipinski definition) is 0. The Bertz CT molecular complexity index is 381. The van der Waals surface area contributed by atoms with E-state index in [-0.39, 0.29) is 0 Å². The van der Waals surface area contributed by atoms with Crippen molar-refractivity contribution < 1.29 is 0 Å². The highest BCUT2D eigenvalue weighted by molar-refractivity contribution is 5.82. The number of rotatable bonds is 4. The molecular weight excluding hydrogens is 210 g/mol. The molecule has 1 rings (SSSR count). The molecule has 17 heavy (non-hydrogen) atoms. The number of aromatic nitrogens is 1. The molecule has 0 spiro atoms. The van der Waals surface area contributed by atoms with Gasteiger partial charge < -0.3 is 0 Å². The van der Waals surface area contributed by atoms with Gasteiger partial charge in [0.1, 0.15) is 0 Å². The zero-order valence-electron chi connectivity index (χ0n) is 11.3. The Labute approximate surface area is 104 Å². The largest absolute Gasteiger partial charge is 0.288 e. The molecule has 3 nitrogen and oxygen atoms in total. The van der Waals surface area contributed by atoms with Crippen molar-refractivity contribution in [2.45, 2.75) is 46.7 Å². The minimum Gasteiger partial charge on any atom is -0.288 e. The molecule has 0 atom stereocenters. The van der Waals surface area contributed by atoms with E-state index in [0.29, 0.717) is 12.1 Å². The van der Waals surface area contributed by atoms with Crippen molar-refractivity contribution in [2.75, 3.05) is 0 Å². The molecule has 1 aromatic rings. The summed E-state index contributed by atoms with van der Waals surface area (Å²) in [6.07, 6.45) is 3.65. The molecule has 0 amide bonds. The van der Waals surface area contributed by atoms with Crippen molar-refractivity contribution in [3.05, 3.63) is 29.1 Å². The molecular formula is C14H21N3. The van der Waals surface area contributed by atoms with E-state index in [1.807, 2.05) is 52.3 Å². The predicted molar refractivity (Wildman–Crippen MR) is 74.4 cm³/mol. The van der Waals surface area contributed by atoms with Crippen molar-refractivity contribution in [1.29, 1.82) is 0 Å². The van der Waals surface area contributed by atoms with Crippen LogP contribution in [0.5, 0.6) is 0 Å². The van der Waals surface area contributed by atoms with Gasteiger partial charge in [0.15, 0.2) is 0 Å². The normalized spacial score (nSPS) is 12.4. The van der Waals surface area contributed by atoms with Gasteiger partial charge in [-0.1, -0.05) is 0 Å². The van der Waals surface area contributed by atoms with Gasteiger partial charge in [-0.25, -0.2) is 4.98 Å². The van der Waals surface area contributed by atoms with E-state index in [1.165, 1.54) is 5.56 Å². The topological polar surface area (TPSA) is 37.6 Å². The van der Waals surface area contributed by atoms with Crippen LogP contribution < -0.4 is 0 Å². The van der Waals surface area contributed by atoms with Crippen LogP contribution in [0, 0.1) is 6.92 Å². The van der Waals surface area contributed by atoms with E-state index < -0.39 is 0 Å². The fourth-order valence-corrected chi connectivity index (χ4v) is 1.30. The quantitative estimate of drug-likeness (QED) is 0.734. The van der Waals surface area contributed by atoms with E-state index in [9.17, 15) is 0 Å². The van der Waals surface area contributed by atoms with Crippen LogP contribution in [0.1, 0.15) is 44.6 Å². The molecule has 0 bridgehead atoms. The molecule has 0 N–H and O–H groups in total. The van der Waals surface area contributed by atoms with E-state index in [2.05, 4.69) is 21.9 Å². The first kappa shape index (κ1) is 13.6. The van der Waals surface area contributed by atoms with Crippen LogP contribution in [0.2, 0.25) is 0 Å². The highest BCUT2D eigenvalue weighted by atomic mass is 14.8. The van der Waals surface area contributed by atoms with Gasteiger partial charge in [0.2, 0.25) is 0 Å². The minimum atomic E-state index is 0.296. The van der Waals surface area contributed by atoms with Crippen molar-refractivity contribution in [3.63, 3.8) is 0 Å². The summed E-state index contributed by atoms with van der Waals surface area (Å²) >= 11 is 0. The molecule has 0 fully saturated rings. The molecule has 0 aliphatic rings. The lowest BCUT2D eigenvalue weighted by Gasteiger charge is -2.01. The molecule has 0 aliphatic heterocycles. The second-order valence-corrected chi connectivity index (χ2v) is 4.74. The second kappa shape index (κ2) is 6.28. The molecule has 0 saturated carbocycles. The smallest absolute Gasteiger partial charge is 0.0818 e. The summed E-state index contributed by atoms with van der Waals surface area (Å²) in [6.45, 7) is 10.3. The van der Waals surface area contributed by atoms with Crippen LogP contribution in [0.3, 0.4) is 0 Å². The van der Waals surface area contributed by atoms with Crippen molar-refractivity contribution in [1.82, 2.24) is 4.98 Å². The lowest BCUT2D eigenvalue weighted by molar-refractivity contribution is 0.839. The van der Waals surface area contributed by atoms with Crippen LogP contribution in [-0.2, 0) is 0 Å². The highest BCUT2D eigenvalue weighted by Gasteiger charge is 1.97. The van der Waals surface area contributed by atoms with Gasteiger partial charge in [-0.2, -0.15) is 0 Å². The summed E-state index contributed by atoms with van der Waals surface area (Å²) in [4.78, 5) is 13.2. The third-order valence-electron chi connectivity index (χ3n) is 2.02. The maximum atomic E-state index is 4.48. The summed E-state index contributed by atoms with van der Waals surface area (Å²) in [5.41, 5.74) is 2.96. The average Bonchev–Trinajstić information content (AvgIpc) is 2.23. The lowest BCUT2D eigenvalue weighted by Crippen LogP contribution is -1.99. The number of aryl methyl sites for hydroxylation is 1. The molecule has 0 aromatic carbocycles. The zero-order chi connectivity index (χ0) is 12.8. The summed E-state index contributed by atoms with van der Waals surface area (Å²) in [6, 6.07) is 4.65. The Morgan fingerprint density at radius 1 is 0.941 bits per heavy atom. The summed E-state index contributed by atoms with van der Waals surface area (Å²) in [5, 5.41) is 0. The van der Waals surface area contributed by atoms with Crippen molar-refractivity contribution in [3.8, 4) is 0 Å². The van der Waals surface area contributed by atoms with Crippen molar-refractivity contribution >= 4 is 12.4 Å². The number of pyridine rings is 1. The van der Waals surface area contributed by atoms with Gasteiger partial charge in [0.05, 0.1) is 11.4 Å². The number of nitrogens with zero attached hydrogens (tertiary/aromatic N) is 3. The molecule has 3 heteroatoms. The Morgan fingerprint density at radius 3 is 1.71 bits per heavy atom. The minimum absolute atomic E-state index is 0.296. The van der Waals surface area contributed by atoms with Crippen LogP contribution >= 0.6 is 0 Å². The van der Waals surface area contributed by atoms with Crippen LogP contribution in [-0.4, -0.2) is 29.5 Å². The Morgan fingerprint density at radius 2 is 1.35 bits per heavy atom. The fraction of sp³-hybridized carbons (Fsp3) is 0.500. The molecule has 1 aromatic heterocycles. The Balaban J connectivity index is 2.94. The second-order valence-electron chi connectivity index (χ2n) is 4.74. The van der Waals surface area contributed by atoms with Gasteiger partial charge >= 0.3 is 0 Å². The van der Waals surface area contributed by atoms with E-state index in [1.54, 1.807) is 0 Å². The third-order valence-corrected chi connectivity index (χ3v) is 2.02. The maximum Gasteiger partial charge on any atom is 0.0818 e. The fourth-order valence-electron chi connectivity index (χ4n) is 1.30.